The number of anilines is 2. The van der Waals surface area contributed by atoms with Gasteiger partial charge in [0.2, 0.25) is 11.8 Å². The molecule has 3 aromatic heterocycles. The van der Waals surface area contributed by atoms with Crippen molar-refractivity contribution in [3.05, 3.63) is 65.6 Å². The van der Waals surface area contributed by atoms with E-state index in [0.717, 1.165) is 41.6 Å². The van der Waals surface area contributed by atoms with Gasteiger partial charge in [-0.1, -0.05) is 11.6 Å². The van der Waals surface area contributed by atoms with E-state index in [4.69, 9.17) is 26.1 Å². The Balaban J connectivity index is 1.23. The molecule has 9 heteroatoms. The monoisotopic (exact) mass is 436 g/mol. The lowest BCUT2D eigenvalue weighted by Gasteiger charge is -2.27. The third kappa shape index (κ3) is 4.40. The van der Waals surface area contributed by atoms with Gasteiger partial charge in [-0.25, -0.2) is 9.97 Å². The SMILES string of the molecule is Cn1c(NCc2ccc(Oc3ccc(Cl)cn3)cn2)nc2ccc(NC3COC3)cc21. The van der Waals surface area contributed by atoms with E-state index in [0.29, 0.717) is 29.2 Å². The molecule has 5 rings (SSSR count). The van der Waals surface area contributed by atoms with Crippen molar-refractivity contribution in [2.45, 2.75) is 12.6 Å². The lowest BCUT2D eigenvalue weighted by atomic mass is 10.2. The van der Waals surface area contributed by atoms with E-state index in [1.807, 2.05) is 35.9 Å². The van der Waals surface area contributed by atoms with Crippen LogP contribution in [0.25, 0.3) is 11.0 Å². The summed E-state index contributed by atoms with van der Waals surface area (Å²) in [4.78, 5) is 13.3. The normalized spacial score (nSPS) is 13.7. The maximum atomic E-state index is 5.84. The highest BCUT2D eigenvalue weighted by molar-refractivity contribution is 6.30. The molecule has 2 N–H and O–H groups in total. The minimum absolute atomic E-state index is 0.386. The first kappa shape index (κ1) is 19.6. The number of rotatable bonds is 7. The van der Waals surface area contributed by atoms with E-state index in [-0.39, 0.29) is 0 Å². The van der Waals surface area contributed by atoms with Crippen LogP contribution < -0.4 is 15.4 Å². The number of nitrogens with zero attached hydrogens (tertiary/aromatic N) is 4. The van der Waals surface area contributed by atoms with Gasteiger partial charge in [-0.05, 0) is 36.4 Å². The van der Waals surface area contributed by atoms with Crippen molar-refractivity contribution in [3.8, 4) is 11.6 Å². The maximum absolute atomic E-state index is 5.84. The molecule has 0 spiro atoms. The van der Waals surface area contributed by atoms with Crippen LogP contribution in [0.4, 0.5) is 11.6 Å². The highest BCUT2D eigenvalue weighted by Crippen LogP contribution is 2.24. The fourth-order valence-corrected chi connectivity index (χ4v) is 3.39. The minimum atomic E-state index is 0.386. The molecule has 8 nitrogen and oxygen atoms in total. The summed E-state index contributed by atoms with van der Waals surface area (Å²) in [5.74, 6) is 1.86. The number of aromatic nitrogens is 4. The van der Waals surface area contributed by atoms with E-state index in [1.165, 1.54) is 0 Å². The number of nitrogens with one attached hydrogen (secondary N) is 2. The van der Waals surface area contributed by atoms with Crippen LogP contribution in [0.1, 0.15) is 5.69 Å². The van der Waals surface area contributed by atoms with Crippen LogP contribution in [0.3, 0.4) is 0 Å². The molecule has 1 aliphatic heterocycles. The van der Waals surface area contributed by atoms with E-state index in [9.17, 15) is 0 Å². The Hall–Kier alpha value is -3.36. The predicted molar refractivity (Wildman–Crippen MR) is 120 cm³/mol. The van der Waals surface area contributed by atoms with Crippen molar-refractivity contribution >= 4 is 34.3 Å². The summed E-state index contributed by atoms with van der Waals surface area (Å²) in [7, 11) is 2.00. The van der Waals surface area contributed by atoms with Gasteiger partial charge in [0.15, 0.2) is 0 Å². The molecule has 1 fully saturated rings. The van der Waals surface area contributed by atoms with Crippen molar-refractivity contribution in [1.29, 1.82) is 0 Å². The summed E-state index contributed by atoms with van der Waals surface area (Å²) < 4.78 is 12.9. The first-order valence-electron chi connectivity index (χ1n) is 9.93. The zero-order valence-corrected chi connectivity index (χ0v) is 17.6. The Morgan fingerprint density at radius 1 is 1.13 bits per heavy atom. The summed E-state index contributed by atoms with van der Waals surface area (Å²) >= 11 is 5.84. The number of benzene rings is 1. The van der Waals surface area contributed by atoms with Gasteiger partial charge < -0.3 is 24.7 Å². The second-order valence-electron chi connectivity index (χ2n) is 7.33. The lowest BCUT2D eigenvalue weighted by Crippen LogP contribution is -2.40. The molecule has 0 atom stereocenters. The third-order valence-corrected chi connectivity index (χ3v) is 5.26. The zero-order chi connectivity index (χ0) is 21.2. The molecule has 0 aliphatic carbocycles. The number of fused-ring (bicyclic) bond motifs is 1. The third-order valence-electron chi connectivity index (χ3n) is 5.04. The Bertz CT molecular complexity index is 1190. The number of pyridine rings is 2. The molecule has 0 bridgehead atoms. The molecule has 0 saturated carbocycles. The highest BCUT2D eigenvalue weighted by Gasteiger charge is 2.18. The Kier molecular flexibility index (Phi) is 5.31. The molecule has 0 radical (unpaired) electrons. The highest BCUT2D eigenvalue weighted by atomic mass is 35.5. The molecule has 1 aromatic carbocycles. The fraction of sp³-hybridized carbons (Fsp3) is 0.227. The van der Waals surface area contributed by atoms with Crippen LogP contribution in [0.2, 0.25) is 5.02 Å². The van der Waals surface area contributed by atoms with E-state index in [2.05, 4.69) is 26.7 Å². The van der Waals surface area contributed by atoms with Gasteiger partial charge in [-0.3, -0.25) is 4.98 Å². The Morgan fingerprint density at radius 3 is 2.74 bits per heavy atom. The van der Waals surface area contributed by atoms with Crippen LogP contribution in [0.15, 0.2) is 54.9 Å². The largest absolute Gasteiger partial charge is 0.437 e. The molecular formula is C22H21ClN6O2. The average Bonchev–Trinajstić information content (AvgIpc) is 3.07. The Labute approximate surface area is 184 Å². The van der Waals surface area contributed by atoms with Gasteiger partial charge in [-0.15, -0.1) is 0 Å². The van der Waals surface area contributed by atoms with Crippen molar-refractivity contribution in [2.24, 2.45) is 7.05 Å². The second-order valence-corrected chi connectivity index (χ2v) is 7.77. The van der Waals surface area contributed by atoms with Gasteiger partial charge in [0.25, 0.3) is 0 Å². The molecule has 1 aliphatic rings. The smallest absolute Gasteiger partial charge is 0.219 e. The molecule has 31 heavy (non-hydrogen) atoms. The molecule has 158 valence electrons. The first-order valence-corrected chi connectivity index (χ1v) is 10.3. The number of aryl methyl sites for hydroxylation is 1. The summed E-state index contributed by atoms with van der Waals surface area (Å²) in [6.45, 7) is 2.05. The number of hydrogen-bond acceptors (Lipinski definition) is 7. The summed E-state index contributed by atoms with van der Waals surface area (Å²) in [5.41, 5.74) is 3.94. The lowest BCUT2D eigenvalue weighted by molar-refractivity contribution is 0.0211. The minimum Gasteiger partial charge on any atom is -0.437 e. The van der Waals surface area contributed by atoms with Crippen LogP contribution in [-0.4, -0.2) is 38.8 Å². The van der Waals surface area contributed by atoms with Crippen molar-refractivity contribution in [2.75, 3.05) is 23.8 Å². The fourth-order valence-electron chi connectivity index (χ4n) is 3.28. The van der Waals surface area contributed by atoms with Crippen LogP contribution >= 0.6 is 11.6 Å². The number of hydrogen-bond donors (Lipinski definition) is 2. The van der Waals surface area contributed by atoms with Gasteiger partial charge in [0.05, 0.1) is 53.7 Å². The zero-order valence-electron chi connectivity index (χ0n) is 16.9. The Morgan fingerprint density at radius 2 is 2.03 bits per heavy atom. The van der Waals surface area contributed by atoms with Crippen LogP contribution in [0.5, 0.6) is 11.6 Å². The van der Waals surface area contributed by atoms with E-state index >= 15 is 0 Å². The maximum Gasteiger partial charge on any atom is 0.219 e. The number of ether oxygens (including phenoxy) is 2. The summed E-state index contributed by atoms with van der Waals surface area (Å²) in [6.07, 6.45) is 3.21. The van der Waals surface area contributed by atoms with Crippen molar-refractivity contribution < 1.29 is 9.47 Å². The standard InChI is InChI=1S/C22H21ClN6O2/c1-29-20-8-15(27-17-12-30-13-17)4-6-19(20)28-22(29)26-10-16-3-5-18(11-24-16)31-21-7-2-14(23)9-25-21/h2-9,11,17,27H,10,12-13H2,1H3,(H,26,28). The molecular weight excluding hydrogens is 416 g/mol. The van der Waals surface area contributed by atoms with Crippen molar-refractivity contribution in [1.82, 2.24) is 19.5 Å². The number of imidazole rings is 1. The molecule has 1 saturated heterocycles. The van der Waals surface area contributed by atoms with Gasteiger partial charge in [-0.2, -0.15) is 0 Å². The topological polar surface area (TPSA) is 86.1 Å². The summed E-state index contributed by atoms with van der Waals surface area (Å²) in [5, 5.41) is 7.39. The predicted octanol–water partition coefficient (Wildman–Crippen LogP) is 4.23. The van der Waals surface area contributed by atoms with Gasteiger partial charge in [0.1, 0.15) is 5.75 Å². The van der Waals surface area contributed by atoms with Gasteiger partial charge in [0, 0.05) is 25.0 Å². The van der Waals surface area contributed by atoms with E-state index < -0.39 is 0 Å². The van der Waals surface area contributed by atoms with E-state index in [1.54, 1.807) is 24.5 Å². The second kappa shape index (κ2) is 8.41. The van der Waals surface area contributed by atoms with Gasteiger partial charge >= 0.3 is 0 Å². The van der Waals surface area contributed by atoms with Crippen LogP contribution in [-0.2, 0) is 18.3 Å². The quantitative estimate of drug-likeness (QED) is 0.448. The molecule has 0 amide bonds. The molecule has 4 heterocycles. The van der Waals surface area contributed by atoms with Crippen LogP contribution in [0, 0.1) is 0 Å². The van der Waals surface area contributed by atoms with Crippen molar-refractivity contribution in [3.63, 3.8) is 0 Å². The molecule has 4 aromatic rings. The summed E-state index contributed by atoms with van der Waals surface area (Å²) in [6, 6.07) is 13.8. The average molecular weight is 437 g/mol. The number of halogens is 1. The molecule has 0 unspecified atom stereocenters. The first-order chi connectivity index (χ1) is 15.1.